The number of hydrogen-bond donors (Lipinski definition) is 1. The number of aryl methyl sites for hydroxylation is 1. The van der Waals surface area contributed by atoms with Crippen molar-refractivity contribution in [2.75, 3.05) is 6.54 Å². The minimum Gasteiger partial charge on any atom is -0.309 e. The molecule has 0 saturated heterocycles. The molecule has 3 heteroatoms. The van der Waals surface area contributed by atoms with Crippen LogP contribution in [0.1, 0.15) is 77.5 Å². The van der Waals surface area contributed by atoms with E-state index in [4.69, 9.17) is 0 Å². The fraction of sp³-hybridized carbons (Fsp3) is 0.812. The van der Waals surface area contributed by atoms with Gasteiger partial charge < -0.3 is 5.32 Å². The topological polar surface area (TPSA) is 29.9 Å². The van der Waals surface area contributed by atoms with Crippen LogP contribution < -0.4 is 5.32 Å². The fourth-order valence-corrected chi connectivity index (χ4v) is 2.53. The maximum atomic E-state index is 4.40. The van der Waals surface area contributed by atoms with Crippen LogP contribution in [0.15, 0.2) is 12.3 Å². The van der Waals surface area contributed by atoms with Gasteiger partial charge in [0.05, 0.1) is 5.69 Å². The zero-order valence-electron chi connectivity index (χ0n) is 13.0. The van der Waals surface area contributed by atoms with Gasteiger partial charge >= 0.3 is 0 Å². The van der Waals surface area contributed by atoms with Gasteiger partial charge in [0.2, 0.25) is 0 Å². The van der Waals surface area contributed by atoms with E-state index in [0.29, 0.717) is 6.04 Å². The Bertz CT molecular complexity index is 320. The number of hydrogen-bond acceptors (Lipinski definition) is 2. The van der Waals surface area contributed by atoms with Crippen molar-refractivity contribution in [1.29, 1.82) is 0 Å². The molecular weight excluding hydrogens is 234 g/mol. The summed E-state index contributed by atoms with van der Waals surface area (Å²) in [7, 11) is 0. The van der Waals surface area contributed by atoms with Crippen molar-refractivity contribution in [3.63, 3.8) is 0 Å². The molecule has 0 aliphatic rings. The molecule has 0 amide bonds. The largest absolute Gasteiger partial charge is 0.309 e. The average Bonchev–Trinajstić information content (AvgIpc) is 2.90. The maximum Gasteiger partial charge on any atom is 0.0553 e. The van der Waals surface area contributed by atoms with Crippen LogP contribution in [-0.4, -0.2) is 16.3 Å². The number of aromatic nitrogens is 2. The van der Waals surface area contributed by atoms with Crippen LogP contribution >= 0.6 is 0 Å². The van der Waals surface area contributed by atoms with Gasteiger partial charge in [-0.15, -0.1) is 0 Å². The van der Waals surface area contributed by atoms with E-state index in [1.54, 1.807) is 0 Å². The lowest BCUT2D eigenvalue weighted by Gasteiger charge is -2.19. The van der Waals surface area contributed by atoms with Gasteiger partial charge in [0.15, 0.2) is 0 Å². The Labute approximate surface area is 118 Å². The van der Waals surface area contributed by atoms with E-state index in [2.05, 4.69) is 41.9 Å². The highest BCUT2D eigenvalue weighted by Gasteiger charge is 2.14. The normalized spacial score (nSPS) is 12.8. The molecule has 1 unspecified atom stereocenters. The average molecular weight is 265 g/mol. The first kappa shape index (κ1) is 16.2. The highest BCUT2D eigenvalue weighted by Crippen LogP contribution is 2.20. The quantitative estimate of drug-likeness (QED) is 0.604. The Morgan fingerprint density at radius 1 is 1.11 bits per heavy atom. The molecule has 1 N–H and O–H groups in total. The molecule has 0 aliphatic carbocycles. The molecular formula is C16H31N3. The fourth-order valence-electron chi connectivity index (χ4n) is 2.53. The van der Waals surface area contributed by atoms with Crippen LogP contribution in [-0.2, 0) is 6.54 Å². The number of nitrogens with one attached hydrogen (secondary N) is 1. The second-order valence-corrected chi connectivity index (χ2v) is 5.28. The molecule has 1 rings (SSSR count). The smallest absolute Gasteiger partial charge is 0.0553 e. The number of nitrogens with zero attached hydrogens (tertiary/aromatic N) is 2. The van der Waals surface area contributed by atoms with Crippen molar-refractivity contribution in [3.8, 4) is 0 Å². The second kappa shape index (κ2) is 10.0. The Morgan fingerprint density at radius 3 is 2.58 bits per heavy atom. The summed E-state index contributed by atoms with van der Waals surface area (Å²) in [5.41, 5.74) is 1.35. The van der Waals surface area contributed by atoms with Crippen LogP contribution in [0.3, 0.4) is 0 Å². The Hall–Kier alpha value is -0.830. The van der Waals surface area contributed by atoms with Crippen LogP contribution in [0, 0.1) is 0 Å². The number of unbranched alkanes of at least 4 members (excludes halogenated alkanes) is 4. The van der Waals surface area contributed by atoms with Gasteiger partial charge in [-0.05, 0) is 32.4 Å². The third-order valence-electron chi connectivity index (χ3n) is 3.64. The summed E-state index contributed by atoms with van der Waals surface area (Å²) < 4.78 is 2.12. The first-order valence-corrected chi connectivity index (χ1v) is 8.08. The summed E-state index contributed by atoms with van der Waals surface area (Å²) in [5.74, 6) is 0. The highest BCUT2D eigenvalue weighted by atomic mass is 15.3. The zero-order chi connectivity index (χ0) is 13.9. The summed E-state index contributed by atoms with van der Waals surface area (Å²) >= 11 is 0. The molecule has 0 spiro atoms. The summed E-state index contributed by atoms with van der Waals surface area (Å²) in [6.07, 6.45) is 11.1. The second-order valence-electron chi connectivity index (χ2n) is 5.28. The summed E-state index contributed by atoms with van der Waals surface area (Å²) in [6.45, 7) is 8.71. The van der Waals surface area contributed by atoms with Gasteiger partial charge in [-0.2, -0.15) is 5.10 Å². The van der Waals surface area contributed by atoms with Gasteiger partial charge in [0.25, 0.3) is 0 Å². The summed E-state index contributed by atoms with van der Waals surface area (Å²) in [4.78, 5) is 0. The third-order valence-corrected chi connectivity index (χ3v) is 3.64. The molecule has 0 bridgehead atoms. The number of rotatable bonds is 11. The highest BCUT2D eigenvalue weighted by molar-refractivity contribution is 5.07. The Balaban J connectivity index is 2.47. The van der Waals surface area contributed by atoms with Crippen LogP contribution in [0.2, 0.25) is 0 Å². The molecule has 0 aliphatic heterocycles. The Morgan fingerprint density at radius 2 is 1.89 bits per heavy atom. The molecule has 110 valence electrons. The van der Waals surface area contributed by atoms with E-state index in [1.165, 1.54) is 50.6 Å². The molecule has 1 atom stereocenters. The van der Waals surface area contributed by atoms with E-state index in [9.17, 15) is 0 Å². The lowest BCUT2D eigenvalue weighted by atomic mass is 10.0. The lowest BCUT2D eigenvalue weighted by Crippen LogP contribution is -2.24. The first-order valence-electron chi connectivity index (χ1n) is 8.08. The van der Waals surface area contributed by atoms with Crippen molar-refractivity contribution >= 4 is 0 Å². The third kappa shape index (κ3) is 5.77. The van der Waals surface area contributed by atoms with Crippen molar-refractivity contribution in [2.45, 2.75) is 78.3 Å². The van der Waals surface area contributed by atoms with E-state index < -0.39 is 0 Å². The van der Waals surface area contributed by atoms with Gasteiger partial charge in [0, 0.05) is 18.8 Å². The lowest BCUT2D eigenvalue weighted by molar-refractivity contribution is 0.435. The molecule has 1 aromatic heterocycles. The van der Waals surface area contributed by atoms with E-state index in [1.807, 2.05) is 6.20 Å². The monoisotopic (exact) mass is 265 g/mol. The van der Waals surface area contributed by atoms with Crippen LogP contribution in [0.5, 0.6) is 0 Å². The molecule has 0 saturated carbocycles. The summed E-state index contributed by atoms with van der Waals surface area (Å²) in [5, 5.41) is 8.07. The molecule has 0 fully saturated rings. The molecule has 1 heterocycles. The molecule has 1 aromatic rings. The van der Waals surface area contributed by atoms with Crippen molar-refractivity contribution in [3.05, 3.63) is 18.0 Å². The minimum atomic E-state index is 0.476. The zero-order valence-corrected chi connectivity index (χ0v) is 13.0. The maximum absolute atomic E-state index is 4.40. The van der Waals surface area contributed by atoms with Crippen molar-refractivity contribution in [1.82, 2.24) is 15.1 Å². The predicted molar refractivity (Wildman–Crippen MR) is 82.3 cm³/mol. The van der Waals surface area contributed by atoms with Crippen LogP contribution in [0.4, 0.5) is 0 Å². The SMILES string of the molecule is CCCCCCCC(NCCC)c1ccnn1CC. The molecule has 0 radical (unpaired) electrons. The summed E-state index contributed by atoms with van der Waals surface area (Å²) in [6, 6.07) is 2.65. The van der Waals surface area contributed by atoms with Crippen molar-refractivity contribution in [2.24, 2.45) is 0 Å². The standard InChI is InChI=1S/C16H31N3/c1-4-7-8-9-10-11-15(17-13-5-2)16-12-14-18-19(16)6-3/h12,14-15,17H,4-11,13H2,1-3H3. The van der Waals surface area contributed by atoms with Gasteiger partial charge in [0.1, 0.15) is 0 Å². The van der Waals surface area contributed by atoms with Gasteiger partial charge in [-0.1, -0.05) is 46.0 Å². The first-order chi connectivity index (χ1) is 9.33. The molecule has 3 nitrogen and oxygen atoms in total. The predicted octanol–water partition coefficient (Wildman–Crippen LogP) is 4.30. The van der Waals surface area contributed by atoms with Crippen LogP contribution in [0.25, 0.3) is 0 Å². The van der Waals surface area contributed by atoms with Gasteiger partial charge in [-0.25, -0.2) is 0 Å². The van der Waals surface area contributed by atoms with Crippen molar-refractivity contribution < 1.29 is 0 Å². The minimum absolute atomic E-state index is 0.476. The van der Waals surface area contributed by atoms with E-state index >= 15 is 0 Å². The van der Waals surface area contributed by atoms with E-state index in [-0.39, 0.29) is 0 Å². The van der Waals surface area contributed by atoms with Gasteiger partial charge in [-0.3, -0.25) is 4.68 Å². The molecule has 0 aromatic carbocycles. The molecule has 19 heavy (non-hydrogen) atoms. The van der Waals surface area contributed by atoms with E-state index in [0.717, 1.165) is 13.1 Å². The Kier molecular flexibility index (Phi) is 8.55.